The van der Waals surface area contributed by atoms with Crippen molar-refractivity contribution in [2.45, 2.75) is 116 Å². The summed E-state index contributed by atoms with van der Waals surface area (Å²) in [6.07, 6.45) is 7.51. The maximum Gasteiger partial charge on any atom is 0.410 e. The highest BCUT2D eigenvalue weighted by Crippen LogP contribution is 2.53. The SMILES string of the molecule is C=C(CC)C(OC1CCC(N(C)C(=O)OC(C)(C)C)CC1)=C1C(=NC)SC2=C1C(CC(O)CC)CC2. The summed E-state index contributed by atoms with van der Waals surface area (Å²) in [6, 6.07) is 0.157. The topological polar surface area (TPSA) is 71.4 Å². The fourth-order valence-corrected chi connectivity index (χ4v) is 6.56. The maximum absolute atomic E-state index is 12.5. The van der Waals surface area contributed by atoms with E-state index in [0.717, 1.165) is 79.7 Å². The molecule has 0 aromatic heterocycles. The average molecular weight is 519 g/mol. The van der Waals surface area contributed by atoms with E-state index >= 15 is 0 Å². The van der Waals surface area contributed by atoms with Gasteiger partial charge in [-0.05, 0) is 101 Å². The number of aliphatic hydroxyl groups is 1. The monoisotopic (exact) mass is 518 g/mol. The smallest absolute Gasteiger partial charge is 0.410 e. The van der Waals surface area contributed by atoms with Gasteiger partial charge in [0.15, 0.2) is 0 Å². The van der Waals surface area contributed by atoms with Gasteiger partial charge in [-0.1, -0.05) is 32.2 Å². The summed E-state index contributed by atoms with van der Waals surface area (Å²) in [5, 5.41) is 11.4. The van der Waals surface area contributed by atoms with Crippen LogP contribution >= 0.6 is 11.8 Å². The lowest BCUT2D eigenvalue weighted by atomic mass is 9.87. The average Bonchev–Trinajstić information content (AvgIpc) is 3.40. The minimum Gasteiger partial charge on any atom is -0.489 e. The molecule has 0 spiro atoms. The molecule has 1 heterocycles. The Balaban J connectivity index is 1.78. The van der Waals surface area contributed by atoms with Crippen molar-refractivity contribution in [1.29, 1.82) is 0 Å². The van der Waals surface area contributed by atoms with Crippen LogP contribution in [0.25, 0.3) is 0 Å². The molecule has 7 heteroatoms. The van der Waals surface area contributed by atoms with E-state index in [2.05, 4.69) is 18.5 Å². The molecule has 202 valence electrons. The summed E-state index contributed by atoms with van der Waals surface area (Å²) >= 11 is 1.77. The molecule has 1 amide bonds. The third kappa shape index (κ3) is 6.77. The molecular formula is C29H46N2O4S. The fourth-order valence-electron chi connectivity index (χ4n) is 5.33. The lowest BCUT2D eigenvalue weighted by Crippen LogP contribution is -2.43. The van der Waals surface area contributed by atoms with Crippen molar-refractivity contribution in [3.05, 3.63) is 34.0 Å². The second-order valence-electron chi connectivity index (χ2n) is 11.3. The number of hydrogen-bond acceptors (Lipinski definition) is 6. The van der Waals surface area contributed by atoms with Crippen LogP contribution in [-0.4, -0.2) is 59.1 Å². The Labute approximate surface area is 222 Å². The minimum atomic E-state index is -0.496. The number of nitrogens with zero attached hydrogens (tertiary/aromatic N) is 2. The number of hydrogen-bond donors (Lipinski definition) is 1. The molecule has 0 aromatic carbocycles. The number of allylic oxidation sites excluding steroid dienone is 3. The maximum atomic E-state index is 12.5. The number of aliphatic hydroxyl groups excluding tert-OH is 1. The zero-order valence-corrected chi connectivity index (χ0v) is 24.2. The molecule has 0 bridgehead atoms. The molecule has 0 radical (unpaired) electrons. The van der Waals surface area contributed by atoms with Gasteiger partial charge in [-0.3, -0.25) is 4.99 Å². The summed E-state index contributed by atoms with van der Waals surface area (Å²) in [6.45, 7) is 14.2. The van der Waals surface area contributed by atoms with Gasteiger partial charge >= 0.3 is 6.09 Å². The van der Waals surface area contributed by atoms with Crippen LogP contribution < -0.4 is 0 Å². The molecule has 2 aliphatic carbocycles. The molecular weight excluding hydrogens is 472 g/mol. The Morgan fingerprint density at radius 3 is 2.44 bits per heavy atom. The van der Waals surface area contributed by atoms with Crippen LogP contribution in [0.4, 0.5) is 4.79 Å². The quantitative estimate of drug-likeness (QED) is 0.350. The normalized spacial score (nSPS) is 27.7. The lowest BCUT2D eigenvalue weighted by molar-refractivity contribution is 0.00894. The Bertz CT molecular complexity index is 922. The number of amides is 1. The lowest BCUT2D eigenvalue weighted by Gasteiger charge is -2.36. The molecule has 6 nitrogen and oxygen atoms in total. The predicted molar refractivity (Wildman–Crippen MR) is 149 cm³/mol. The highest BCUT2D eigenvalue weighted by molar-refractivity contribution is 8.18. The minimum absolute atomic E-state index is 0.0768. The standard InChI is InChI=1S/C29H46N2O4S/c1-9-18(3)26(25-24-19(17-21(32)10-2)11-16-23(24)36-27(25)30-7)34-22-14-12-20(13-15-22)31(8)28(33)35-29(4,5)6/h19-22,32H,3,9-17H2,1-2,4-8H3. The molecule has 1 aliphatic heterocycles. The highest BCUT2D eigenvalue weighted by atomic mass is 32.2. The third-order valence-corrected chi connectivity index (χ3v) is 8.75. The van der Waals surface area contributed by atoms with E-state index in [1.165, 1.54) is 10.5 Å². The van der Waals surface area contributed by atoms with Crippen LogP contribution in [0, 0.1) is 5.92 Å². The van der Waals surface area contributed by atoms with E-state index in [1.807, 2.05) is 41.8 Å². The predicted octanol–water partition coefficient (Wildman–Crippen LogP) is 7.00. The zero-order valence-electron chi connectivity index (χ0n) is 23.4. The second-order valence-corrected chi connectivity index (χ2v) is 12.4. The Hall–Kier alpha value is -1.73. The van der Waals surface area contributed by atoms with Gasteiger partial charge in [0.1, 0.15) is 16.4 Å². The first-order valence-corrected chi connectivity index (χ1v) is 14.4. The van der Waals surface area contributed by atoms with Gasteiger partial charge in [0.2, 0.25) is 0 Å². The van der Waals surface area contributed by atoms with Crippen molar-refractivity contribution in [3.63, 3.8) is 0 Å². The van der Waals surface area contributed by atoms with Crippen molar-refractivity contribution in [1.82, 2.24) is 4.90 Å². The number of ether oxygens (including phenoxy) is 2. The van der Waals surface area contributed by atoms with Crippen LogP contribution in [-0.2, 0) is 9.47 Å². The largest absolute Gasteiger partial charge is 0.489 e. The number of aliphatic imine (C=N–C) groups is 1. The van der Waals surface area contributed by atoms with Crippen molar-refractivity contribution < 1.29 is 19.4 Å². The van der Waals surface area contributed by atoms with E-state index in [9.17, 15) is 9.90 Å². The van der Waals surface area contributed by atoms with Gasteiger partial charge in [-0.2, -0.15) is 0 Å². The van der Waals surface area contributed by atoms with E-state index in [1.54, 1.807) is 16.7 Å². The molecule has 0 aromatic rings. The third-order valence-electron chi connectivity index (χ3n) is 7.49. The van der Waals surface area contributed by atoms with E-state index < -0.39 is 5.60 Å². The van der Waals surface area contributed by atoms with Crippen LogP contribution in [0.3, 0.4) is 0 Å². The van der Waals surface area contributed by atoms with Gasteiger partial charge in [-0.15, -0.1) is 0 Å². The van der Waals surface area contributed by atoms with Gasteiger partial charge in [0, 0.05) is 20.1 Å². The number of rotatable bonds is 8. The molecule has 0 saturated heterocycles. The van der Waals surface area contributed by atoms with Crippen LogP contribution in [0.5, 0.6) is 0 Å². The van der Waals surface area contributed by atoms with E-state index in [-0.39, 0.29) is 24.3 Å². The fraction of sp³-hybridized carbons (Fsp3) is 0.724. The van der Waals surface area contributed by atoms with Gasteiger partial charge < -0.3 is 19.5 Å². The van der Waals surface area contributed by atoms with Crippen molar-refractivity contribution in [2.24, 2.45) is 10.9 Å². The van der Waals surface area contributed by atoms with Gasteiger partial charge in [0.25, 0.3) is 0 Å². The van der Waals surface area contributed by atoms with Crippen molar-refractivity contribution >= 4 is 22.9 Å². The summed E-state index contributed by atoms with van der Waals surface area (Å²) in [4.78, 5) is 20.3. The molecule has 1 saturated carbocycles. The van der Waals surface area contributed by atoms with Crippen LogP contribution in [0.2, 0.25) is 0 Å². The molecule has 1 N–H and O–H groups in total. The first-order valence-electron chi connectivity index (χ1n) is 13.6. The molecule has 3 rings (SSSR count). The first kappa shape index (κ1) is 28.8. The molecule has 36 heavy (non-hydrogen) atoms. The number of thioether (sulfide) groups is 1. The van der Waals surface area contributed by atoms with Crippen molar-refractivity contribution in [3.8, 4) is 0 Å². The Morgan fingerprint density at radius 2 is 1.89 bits per heavy atom. The van der Waals surface area contributed by atoms with Crippen LogP contribution in [0.1, 0.15) is 92.4 Å². The van der Waals surface area contributed by atoms with Crippen LogP contribution in [0.15, 0.2) is 39.0 Å². The van der Waals surface area contributed by atoms with Gasteiger partial charge in [0.05, 0.1) is 17.8 Å². The highest BCUT2D eigenvalue weighted by Gasteiger charge is 2.40. The second kappa shape index (κ2) is 12.2. The zero-order chi connectivity index (χ0) is 26.6. The molecule has 2 atom stereocenters. The number of carbonyl (C=O) groups excluding carboxylic acids is 1. The molecule has 2 unspecified atom stereocenters. The summed E-state index contributed by atoms with van der Waals surface area (Å²) in [7, 11) is 3.69. The Morgan fingerprint density at radius 1 is 1.22 bits per heavy atom. The Kier molecular flexibility index (Phi) is 9.78. The van der Waals surface area contributed by atoms with Crippen molar-refractivity contribution in [2.75, 3.05) is 14.1 Å². The summed E-state index contributed by atoms with van der Waals surface area (Å²) in [5.74, 6) is 1.22. The molecule has 1 fully saturated rings. The van der Waals surface area contributed by atoms with Gasteiger partial charge in [-0.25, -0.2) is 4.79 Å². The molecule has 3 aliphatic rings. The van der Waals surface area contributed by atoms with E-state index in [4.69, 9.17) is 9.47 Å². The summed E-state index contributed by atoms with van der Waals surface area (Å²) < 4.78 is 12.3. The van der Waals surface area contributed by atoms with E-state index in [0.29, 0.717) is 5.92 Å². The first-order chi connectivity index (χ1) is 17.0. The number of carbonyl (C=O) groups is 1. The summed E-state index contributed by atoms with van der Waals surface area (Å²) in [5.41, 5.74) is 2.94.